The second-order valence-electron chi connectivity index (χ2n) is 1.66. The highest BCUT2D eigenvalue weighted by Crippen LogP contribution is 1.92. The van der Waals surface area contributed by atoms with Crippen LogP contribution in [0, 0.1) is 0 Å². The second kappa shape index (κ2) is 1.96. The molecular formula is C5H7NO2. The maximum atomic E-state index is 10.3. The molecule has 44 valence electrons. The summed E-state index contributed by atoms with van der Waals surface area (Å²) in [4.78, 5) is 10.3. The average Bonchev–Trinajstić information content (AvgIpc) is 2.14. The van der Waals surface area contributed by atoms with Crippen LogP contribution >= 0.6 is 0 Å². The fourth-order valence-corrected chi connectivity index (χ4v) is 0.589. The van der Waals surface area contributed by atoms with Crippen molar-refractivity contribution in [3.8, 4) is 0 Å². The van der Waals surface area contributed by atoms with Crippen molar-refractivity contribution in [2.75, 3.05) is 6.61 Å². The van der Waals surface area contributed by atoms with Crippen molar-refractivity contribution in [2.45, 2.75) is 6.04 Å². The molecule has 1 amide bonds. The molecule has 0 radical (unpaired) electrons. The summed E-state index contributed by atoms with van der Waals surface area (Å²) in [5.74, 6) is -0.121. The molecule has 0 unspecified atom stereocenters. The molecule has 1 rings (SSSR count). The highest BCUT2D eigenvalue weighted by Gasteiger charge is 2.10. The third kappa shape index (κ3) is 0.869. The van der Waals surface area contributed by atoms with Crippen LogP contribution in [0.1, 0.15) is 0 Å². The molecule has 3 heteroatoms. The molecule has 0 aromatic heterocycles. The zero-order valence-corrected chi connectivity index (χ0v) is 4.29. The molecule has 8 heavy (non-hydrogen) atoms. The molecule has 0 aromatic rings. The SMILES string of the molecule is O=C1C=C[C@@H](CO)N1. The minimum Gasteiger partial charge on any atom is -0.394 e. The van der Waals surface area contributed by atoms with Crippen LogP contribution in [0.5, 0.6) is 0 Å². The van der Waals surface area contributed by atoms with Crippen LogP contribution in [0.15, 0.2) is 12.2 Å². The first kappa shape index (κ1) is 5.31. The number of hydrogen-bond acceptors (Lipinski definition) is 2. The van der Waals surface area contributed by atoms with Gasteiger partial charge in [-0.05, 0) is 0 Å². The number of rotatable bonds is 1. The van der Waals surface area contributed by atoms with Crippen molar-refractivity contribution in [3.05, 3.63) is 12.2 Å². The van der Waals surface area contributed by atoms with Gasteiger partial charge in [-0.3, -0.25) is 4.79 Å². The monoisotopic (exact) mass is 113 g/mol. The van der Waals surface area contributed by atoms with E-state index in [2.05, 4.69) is 5.32 Å². The van der Waals surface area contributed by atoms with Gasteiger partial charge in [0.2, 0.25) is 5.91 Å². The number of carbonyl (C=O) groups excluding carboxylic acids is 1. The Labute approximate surface area is 47.0 Å². The number of carbonyl (C=O) groups is 1. The first-order valence-electron chi connectivity index (χ1n) is 2.42. The van der Waals surface area contributed by atoms with Gasteiger partial charge in [-0.25, -0.2) is 0 Å². The van der Waals surface area contributed by atoms with Gasteiger partial charge in [-0.15, -0.1) is 0 Å². The molecule has 0 aliphatic carbocycles. The fraction of sp³-hybridized carbons (Fsp3) is 0.400. The zero-order chi connectivity index (χ0) is 5.98. The fourth-order valence-electron chi connectivity index (χ4n) is 0.589. The Morgan fingerprint density at radius 3 is 2.88 bits per heavy atom. The lowest BCUT2D eigenvalue weighted by Crippen LogP contribution is -2.29. The highest BCUT2D eigenvalue weighted by atomic mass is 16.3. The zero-order valence-electron chi connectivity index (χ0n) is 4.29. The lowest BCUT2D eigenvalue weighted by atomic mass is 10.3. The van der Waals surface area contributed by atoms with E-state index in [-0.39, 0.29) is 18.6 Å². The number of aliphatic hydroxyl groups is 1. The van der Waals surface area contributed by atoms with Gasteiger partial charge in [0.25, 0.3) is 0 Å². The average molecular weight is 113 g/mol. The van der Waals surface area contributed by atoms with E-state index in [0.29, 0.717) is 0 Å². The standard InChI is InChI=1S/C5H7NO2/c7-3-4-1-2-5(8)6-4/h1-2,4,7H,3H2,(H,6,8)/t4-/m0/s1. The summed E-state index contributed by atoms with van der Waals surface area (Å²) in [5.41, 5.74) is 0. The lowest BCUT2D eigenvalue weighted by molar-refractivity contribution is -0.116. The number of nitrogens with one attached hydrogen (secondary N) is 1. The lowest BCUT2D eigenvalue weighted by Gasteiger charge is -2.00. The first-order chi connectivity index (χ1) is 3.83. The Hall–Kier alpha value is -0.830. The van der Waals surface area contributed by atoms with Gasteiger partial charge in [0.05, 0.1) is 12.6 Å². The van der Waals surface area contributed by atoms with Crippen LogP contribution in [0.25, 0.3) is 0 Å². The molecular weight excluding hydrogens is 106 g/mol. The van der Waals surface area contributed by atoms with E-state index in [9.17, 15) is 4.79 Å². The summed E-state index contributed by atoms with van der Waals surface area (Å²) in [6.07, 6.45) is 3.06. The smallest absolute Gasteiger partial charge is 0.244 e. The van der Waals surface area contributed by atoms with Crippen molar-refractivity contribution in [3.63, 3.8) is 0 Å². The van der Waals surface area contributed by atoms with Crippen LogP contribution in [-0.2, 0) is 4.79 Å². The quantitative estimate of drug-likeness (QED) is 0.460. The van der Waals surface area contributed by atoms with E-state index >= 15 is 0 Å². The third-order valence-corrected chi connectivity index (χ3v) is 1.00. The van der Waals surface area contributed by atoms with Crippen LogP contribution in [-0.4, -0.2) is 23.7 Å². The van der Waals surface area contributed by atoms with Gasteiger partial charge in [0, 0.05) is 6.08 Å². The van der Waals surface area contributed by atoms with Gasteiger partial charge >= 0.3 is 0 Å². The number of aliphatic hydroxyl groups excluding tert-OH is 1. The summed E-state index contributed by atoms with van der Waals surface area (Å²) < 4.78 is 0. The predicted molar refractivity (Wildman–Crippen MR) is 28.2 cm³/mol. The molecule has 1 aliphatic heterocycles. The Bertz CT molecular complexity index is 130. The molecule has 0 aromatic carbocycles. The van der Waals surface area contributed by atoms with Crippen LogP contribution in [0.4, 0.5) is 0 Å². The minimum absolute atomic E-state index is 0.0117. The second-order valence-corrected chi connectivity index (χ2v) is 1.66. The normalized spacial score (nSPS) is 26.1. The van der Waals surface area contributed by atoms with Gasteiger partial charge in [0.15, 0.2) is 0 Å². The van der Waals surface area contributed by atoms with Gasteiger partial charge in [0.1, 0.15) is 0 Å². The van der Waals surface area contributed by atoms with E-state index in [1.807, 2.05) is 0 Å². The van der Waals surface area contributed by atoms with Crippen molar-refractivity contribution in [1.82, 2.24) is 5.32 Å². The Morgan fingerprint density at radius 1 is 1.88 bits per heavy atom. The summed E-state index contributed by atoms with van der Waals surface area (Å²) in [5, 5.41) is 10.9. The van der Waals surface area contributed by atoms with Crippen LogP contribution in [0.3, 0.4) is 0 Å². The van der Waals surface area contributed by atoms with Gasteiger partial charge in [-0.1, -0.05) is 6.08 Å². The van der Waals surface area contributed by atoms with E-state index in [1.54, 1.807) is 6.08 Å². The molecule has 0 saturated heterocycles. The molecule has 0 bridgehead atoms. The topological polar surface area (TPSA) is 49.3 Å². The van der Waals surface area contributed by atoms with E-state index in [1.165, 1.54) is 6.08 Å². The Kier molecular flexibility index (Phi) is 1.30. The van der Waals surface area contributed by atoms with E-state index < -0.39 is 0 Å². The molecule has 0 spiro atoms. The minimum atomic E-state index is -0.150. The van der Waals surface area contributed by atoms with Crippen molar-refractivity contribution < 1.29 is 9.90 Å². The molecule has 1 atom stereocenters. The first-order valence-corrected chi connectivity index (χ1v) is 2.42. The maximum Gasteiger partial charge on any atom is 0.244 e. The predicted octanol–water partition coefficient (Wildman–Crippen LogP) is -0.967. The molecule has 0 fully saturated rings. The largest absolute Gasteiger partial charge is 0.394 e. The molecule has 2 N–H and O–H groups in total. The van der Waals surface area contributed by atoms with Gasteiger partial charge < -0.3 is 10.4 Å². The summed E-state index contributed by atoms with van der Waals surface area (Å²) >= 11 is 0. The highest BCUT2D eigenvalue weighted by molar-refractivity contribution is 5.90. The van der Waals surface area contributed by atoms with Crippen molar-refractivity contribution in [2.24, 2.45) is 0 Å². The maximum absolute atomic E-state index is 10.3. The van der Waals surface area contributed by atoms with Crippen molar-refractivity contribution >= 4 is 5.91 Å². The Morgan fingerprint density at radius 2 is 2.62 bits per heavy atom. The number of amides is 1. The summed E-state index contributed by atoms with van der Waals surface area (Å²) in [7, 11) is 0. The van der Waals surface area contributed by atoms with E-state index in [0.717, 1.165) is 0 Å². The summed E-state index contributed by atoms with van der Waals surface area (Å²) in [6.45, 7) is -0.0117. The number of hydrogen-bond donors (Lipinski definition) is 2. The molecule has 0 saturated carbocycles. The van der Waals surface area contributed by atoms with Gasteiger partial charge in [-0.2, -0.15) is 0 Å². The Balaban J connectivity index is 2.46. The van der Waals surface area contributed by atoms with Crippen LogP contribution in [0.2, 0.25) is 0 Å². The molecule has 3 nitrogen and oxygen atoms in total. The third-order valence-electron chi connectivity index (χ3n) is 1.00. The molecule has 1 aliphatic rings. The molecule has 1 heterocycles. The summed E-state index contributed by atoms with van der Waals surface area (Å²) in [6, 6.07) is -0.150. The van der Waals surface area contributed by atoms with E-state index in [4.69, 9.17) is 5.11 Å². The van der Waals surface area contributed by atoms with Crippen LogP contribution < -0.4 is 5.32 Å². The van der Waals surface area contributed by atoms with Crippen molar-refractivity contribution in [1.29, 1.82) is 0 Å².